The number of carbonyl (C=O) groups excluding carboxylic acids is 1. The van der Waals surface area contributed by atoms with Crippen LogP contribution in [0.2, 0.25) is 0 Å². The lowest BCUT2D eigenvalue weighted by molar-refractivity contribution is -0.127. The lowest BCUT2D eigenvalue weighted by Gasteiger charge is -2.19. The lowest BCUT2D eigenvalue weighted by atomic mass is 10.1. The van der Waals surface area contributed by atoms with Gasteiger partial charge in [-0.25, -0.2) is 4.79 Å². The summed E-state index contributed by atoms with van der Waals surface area (Å²) in [6, 6.07) is 4.86. The third-order valence-corrected chi connectivity index (χ3v) is 3.19. The third-order valence-electron chi connectivity index (χ3n) is 3.19. The molecule has 1 amide bonds. The van der Waals surface area contributed by atoms with Gasteiger partial charge in [0, 0.05) is 11.6 Å². The SMILES string of the molecule is CCC(C)NC(=O)C(C)Oc1cccc(C(=O)O)c1C. The smallest absolute Gasteiger partial charge is 0.336 e. The van der Waals surface area contributed by atoms with Crippen LogP contribution in [0, 0.1) is 6.92 Å². The topological polar surface area (TPSA) is 75.6 Å². The van der Waals surface area contributed by atoms with Crippen LogP contribution in [0.4, 0.5) is 0 Å². The van der Waals surface area contributed by atoms with Crippen molar-refractivity contribution in [2.75, 3.05) is 0 Å². The van der Waals surface area contributed by atoms with E-state index in [4.69, 9.17) is 9.84 Å². The first-order chi connectivity index (χ1) is 9.36. The summed E-state index contributed by atoms with van der Waals surface area (Å²) in [6.45, 7) is 7.21. The summed E-state index contributed by atoms with van der Waals surface area (Å²) in [5.74, 6) is -0.805. The summed E-state index contributed by atoms with van der Waals surface area (Å²) in [7, 11) is 0. The molecule has 2 atom stereocenters. The minimum Gasteiger partial charge on any atom is -0.481 e. The van der Waals surface area contributed by atoms with Crippen LogP contribution in [-0.4, -0.2) is 29.1 Å². The van der Waals surface area contributed by atoms with Crippen molar-refractivity contribution in [3.63, 3.8) is 0 Å². The van der Waals surface area contributed by atoms with Crippen LogP contribution in [0.25, 0.3) is 0 Å². The Kier molecular flexibility index (Phi) is 5.55. The molecule has 0 aliphatic heterocycles. The lowest BCUT2D eigenvalue weighted by Crippen LogP contribution is -2.41. The van der Waals surface area contributed by atoms with Gasteiger partial charge in [-0.15, -0.1) is 0 Å². The van der Waals surface area contributed by atoms with Crippen LogP contribution in [0.3, 0.4) is 0 Å². The summed E-state index contributed by atoms with van der Waals surface area (Å²) < 4.78 is 5.57. The van der Waals surface area contributed by atoms with E-state index in [1.165, 1.54) is 6.07 Å². The highest BCUT2D eigenvalue weighted by molar-refractivity contribution is 5.90. The van der Waals surface area contributed by atoms with E-state index >= 15 is 0 Å². The van der Waals surface area contributed by atoms with E-state index in [1.807, 2.05) is 13.8 Å². The van der Waals surface area contributed by atoms with Crippen LogP contribution in [0.1, 0.15) is 43.1 Å². The Morgan fingerprint density at radius 3 is 2.55 bits per heavy atom. The minimum atomic E-state index is -1.01. The summed E-state index contributed by atoms with van der Waals surface area (Å²) in [5, 5.41) is 11.9. The molecule has 2 N–H and O–H groups in total. The molecule has 20 heavy (non-hydrogen) atoms. The van der Waals surface area contributed by atoms with Gasteiger partial charge in [-0.2, -0.15) is 0 Å². The van der Waals surface area contributed by atoms with Crippen molar-refractivity contribution in [2.45, 2.75) is 46.3 Å². The number of hydrogen-bond donors (Lipinski definition) is 2. The molecular weight excluding hydrogens is 258 g/mol. The van der Waals surface area contributed by atoms with E-state index in [9.17, 15) is 9.59 Å². The van der Waals surface area contributed by atoms with Gasteiger partial charge in [0.25, 0.3) is 5.91 Å². The molecule has 0 spiro atoms. The van der Waals surface area contributed by atoms with E-state index in [-0.39, 0.29) is 17.5 Å². The Labute approximate surface area is 118 Å². The second kappa shape index (κ2) is 6.93. The van der Waals surface area contributed by atoms with Crippen LogP contribution in [0.5, 0.6) is 5.75 Å². The Morgan fingerprint density at radius 1 is 1.35 bits per heavy atom. The molecule has 0 aliphatic rings. The zero-order valence-electron chi connectivity index (χ0n) is 12.3. The van der Waals surface area contributed by atoms with E-state index in [0.29, 0.717) is 11.3 Å². The van der Waals surface area contributed by atoms with Crippen LogP contribution >= 0.6 is 0 Å². The van der Waals surface area contributed by atoms with Crippen molar-refractivity contribution in [3.05, 3.63) is 29.3 Å². The normalized spacial score (nSPS) is 13.4. The summed E-state index contributed by atoms with van der Waals surface area (Å²) in [6.07, 6.45) is 0.165. The molecule has 0 radical (unpaired) electrons. The summed E-state index contributed by atoms with van der Waals surface area (Å²) in [5.41, 5.74) is 0.695. The molecular formula is C15H21NO4. The zero-order chi connectivity index (χ0) is 15.3. The fourth-order valence-corrected chi connectivity index (χ4v) is 1.68. The number of hydrogen-bond acceptors (Lipinski definition) is 3. The molecule has 0 saturated heterocycles. The Hall–Kier alpha value is -2.04. The number of amides is 1. The van der Waals surface area contributed by atoms with E-state index < -0.39 is 12.1 Å². The predicted octanol–water partition coefficient (Wildman–Crippen LogP) is 2.38. The number of rotatable bonds is 6. The number of nitrogens with one attached hydrogen (secondary N) is 1. The predicted molar refractivity (Wildman–Crippen MR) is 76.1 cm³/mol. The summed E-state index contributed by atoms with van der Waals surface area (Å²) in [4.78, 5) is 22.9. The average molecular weight is 279 g/mol. The Bertz CT molecular complexity index is 499. The highest BCUT2D eigenvalue weighted by atomic mass is 16.5. The second-order valence-electron chi connectivity index (χ2n) is 4.81. The molecule has 0 aliphatic carbocycles. The van der Waals surface area contributed by atoms with Crippen LogP contribution in [0.15, 0.2) is 18.2 Å². The van der Waals surface area contributed by atoms with E-state index in [0.717, 1.165) is 6.42 Å². The average Bonchev–Trinajstić information content (AvgIpc) is 2.40. The van der Waals surface area contributed by atoms with Gasteiger partial charge in [0.2, 0.25) is 0 Å². The van der Waals surface area contributed by atoms with Crippen molar-refractivity contribution in [1.82, 2.24) is 5.32 Å². The van der Waals surface area contributed by atoms with Crippen LogP contribution < -0.4 is 10.1 Å². The molecule has 0 fully saturated rings. The van der Waals surface area contributed by atoms with Crippen LogP contribution in [-0.2, 0) is 4.79 Å². The maximum absolute atomic E-state index is 11.9. The van der Waals surface area contributed by atoms with Crippen molar-refractivity contribution < 1.29 is 19.4 Å². The molecule has 1 aromatic rings. The first kappa shape index (κ1) is 16.0. The van der Waals surface area contributed by atoms with E-state index in [1.54, 1.807) is 26.0 Å². The third kappa shape index (κ3) is 3.98. The van der Waals surface area contributed by atoms with Gasteiger partial charge in [-0.05, 0) is 39.3 Å². The molecule has 1 aromatic carbocycles. The highest BCUT2D eigenvalue weighted by Gasteiger charge is 2.18. The van der Waals surface area contributed by atoms with Gasteiger partial charge < -0.3 is 15.2 Å². The molecule has 5 heteroatoms. The standard InChI is InChI=1S/C15H21NO4/c1-5-9(2)16-14(17)11(4)20-13-8-6-7-12(10(13)3)15(18)19/h6-9,11H,5H2,1-4H3,(H,16,17)(H,18,19). The number of ether oxygens (including phenoxy) is 1. The molecule has 0 saturated carbocycles. The second-order valence-corrected chi connectivity index (χ2v) is 4.81. The number of benzene rings is 1. The maximum Gasteiger partial charge on any atom is 0.336 e. The van der Waals surface area contributed by atoms with Crippen molar-refractivity contribution in [2.24, 2.45) is 0 Å². The molecule has 2 unspecified atom stereocenters. The van der Waals surface area contributed by atoms with Gasteiger partial charge in [-0.3, -0.25) is 4.79 Å². The van der Waals surface area contributed by atoms with Crippen molar-refractivity contribution in [1.29, 1.82) is 0 Å². The fourth-order valence-electron chi connectivity index (χ4n) is 1.68. The molecule has 0 heterocycles. The minimum absolute atomic E-state index is 0.0833. The quantitative estimate of drug-likeness (QED) is 0.838. The largest absolute Gasteiger partial charge is 0.481 e. The Morgan fingerprint density at radius 2 is 2.00 bits per heavy atom. The first-order valence-corrected chi connectivity index (χ1v) is 6.66. The van der Waals surface area contributed by atoms with Crippen molar-refractivity contribution in [3.8, 4) is 5.75 Å². The van der Waals surface area contributed by atoms with E-state index in [2.05, 4.69) is 5.32 Å². The zero-order valence-corrected chi connectivity index (χ0v) is 12.3. The van der Waals surface area contributed by atoms with Gasteiger partial charge in [0.15, 0.2) is 6.10 Å². The number of carbonyl (C=O) groups is 2. The van der Waals surface area contributed by atoms with Gasteiger partial charge in [0.1, 0.15) is 5.75 Å². The highest BCUT2D eigenvalue weighted by Crippen LogP contribution is 2.22. The number of carboxylic acid groups (broad SMARTS) is 1. The number of aromatic carboxylic acids is 1. The molecule has 110 valence electrons. The Balaban J connectivity index is 2.81. The first-order valence-electron chi connectivity index (χ1n) is 6.66. The fraction of sp³-hybridized carbons (Fsp3) is 0.467. The molecule has 1 rings (SSSR count). The monoisotopic (exact) mass is 279 g/mol. The van der Waals surface area contributed by atoms with Gasteiger partial charge in [0.05, 0.1) is 5.56 Å². The maximum atomic E-state index is 11.9. The summed E-state index contributed by atoms with van der Waals surface area (Å²) >= 11 is 0. The molecule has 5 nitrogen and oxygen atoms in total. The number of carboxylic acids is 1. The molecule has 0 bridgehead atoms. The van der Waals surface area contributed by atoms with Gasteiger partial charge >= 0.3 is 5.97 Å². The molecule has 0 aromatic heterocycles. The van der Waals surface area contributed by atoms with Crippen molar-refractivity contribution >= 4 is 11.9 Å². The van der Waals surface area contributed by atoms with Gasteiger partial charge in [-0.1, -0.05) is 13.0 Å².